The first-order valence-electron chi connectivity index (χ1n) is 9.05. The second-order valence-corrected chi connectivity index (χ2v) is 6.67. The Hall–Kier alpha value is -3.54. The minimum atomic E-state index is -0.217. The van der Waals surface area contributed by atoms with Gasteiger partial charge in [-0.2, -0.15) is 0 Å². The molecule has 6 heteroatoms. The maximum atomic E-state index is 13.7. The van der Waals surface area contributed by atoms with Crippen LogP contribution in [-0.4, -0.2) is 28.6 Å². The van der Waals surface area contributed by atoms with Crippen molar-refractivity contribution < 1.29 is 9.13 Å². The van der Waals surface area contributed by atoms with Gasteiger partial charge in [0.15, 0.2) is 5.82 Å². The first-order valence-corrected chi connectivity index (χ1v) is 9.05. The number of hydrogen-bond acceptors (Lipinski definition) is 5. The molecule has 1 aliphatic rings. The molecule has 0 aliphatic carbocycles. The summed E-state index contributed by atoms with van der Waals surface area (Å²) in [7, 11) is 1.64. The van der Waals surface area contributed by atoms with Crippen LogP contribution < -0.4 is 9.64 Å². The third-order valence-corrected chi connectivity index (χ3v) is 5.00. The van der Waals surface area contributed by atoms with Crippen LogP contribution in [0.25, 0.3) is 22.3 Å². The number of anilines is 2. The molecule has 1 aliphatic heterocycles. The molecule has 0 atom stereocenters. The maximum Gasteiger partial charge on any atom is 0.163 e. The molecule has 0 unspecified atom stereocenters. The number of pyridine rings is 1. The minimum Gasteiger partial charge on any atom is -0.497 e. The second kappa shape index (κ2) is 6.56. The molecule has 4 aromatic rings. The van der Waals surface area contributed by atoms with E-state index in [2.05, 4.69) is 9.88 Å². The number of rotatable bonds is 3. The summed E-state index contributed by atoms with van der Waals surface area (Å²) in [5.74, 6) is 1.92. The first-order chi connectivity index (χ1) is 13.7. The van der Waals surface area contributed by atoms with Gasteiger partial charge in [-0.05, 0) is 60.5 Å². The summed E-state index contributed by atoms with van der Waals surface area (Å²) in [6.45, 7) is 0.731. The number of aromatic nitrogens is 3. The van der Waals surface area contributed by atoms with Crippen LogP contribution in [0.1, 0.15) is 5.56 Å². The highest BCUT2D eigenvalue weighted by atomic mass is 19.1. The fourth-order valence-electron chi connectivity index (χ4n) is 3.64. The Labute approximate surface area is 161 Å². The van der Waals surface area contributed by atoms with Crippen LogP contribution >= 0.6 is 0 Å². The Balaban J connectivity index is 1.75. The maximum absolute atomic E-state index is 13.7. The Morgan fingerprint density at radius 1 is 1.07 bits per heavy atom. The average molecular weight is 372 g/mol. The summed E-state index contributed by atoms with van der Waals surface area (Å²) in [5, 5.41) is 0.893. The standard InChI is InChI=1S/C22H17FN4O/c1-28-17-5-6-19-18(12-17)22(26-21(25-19)15-3-2-9-24-13-15)27-10-8-14-11-16(23)4-7-20(14)27/h2-7,9,11-13H,8,10H2,1H3. The molecule has 0 N–H and O–H groups in total. The highest BCUT2D eigenvalue weighted by Gasteiger charge is 2.25. The molecule has 5 rings (SSSR count). The van der Waals surface area contributed by atoms with E-state index in [1.165, 1.54) is 6.07 Å². The van der Waals surface area contributed by atoms with Crippen LogP contribution in [0.5, 0.6) is 5.75 Å². The lowest BCUT2D eigenvalue weighted by Gasteiger charge is -2.21. The van der Waals surface area contributed by atoms with Crippen molar-refractivity contribution in [1.82, 2.24) is 15.0 Å². The van der Waals surface area contributed by atoms with E-state index in [-0.39, 0.29) is 5.82 Å². The Morgan fingerprint density at radius 3 is 2.82 bits per heavy atom. The van der Waals surface area contributed by atoms with Crippen molar-refractivity contribution in [3.05, 3.63) is 72.3 Å². The molecule has 2 aromatic heterocycles. The van der Waals surface area contributed by atoms with Gasteiger partial charge in [0.05, 0.1) is 12.6 Å². The van der Waals surface area contributed by atoms with E-state index in [0.29, 0.717) is 5.82 Å². The molecule has 3 heterocycles. The molecule has 0 fully saturated rings. The second-order valence-electron chi connectivity index (χ2n) is 6.67. The van der Waals surface area contributed by atoms with Gasteiger partial charge in [0.25, 0.3) is 0 Å². The number of ether oxygens (including phenoxy) is 1. The van der Waals surface area contributed by atoms with Crippen molar-refractivity contribution in [2.24, 2.45) is 0 Å². The van der Waals surface area contributed by atoms with Crippen molar-refractivity contribution in [3.8, 4) is 17.1 Å². The lowest BCUT2D eigenvalue weighted by atomic mass is 10.1. The van der Waals surface area contributed by atoms with E-state index < -0.39 is 0 Å². The van der Waals surface area contributed by atoms with Crippen molar-refractivity contribution in [1.29, 1.82) is 0 Å². The molecule has 0 saturated carbocycles. The fourth-order valence-corrected chi connectivity index (χ4v) is 3.64. The van der Waals surface area contributed by atoms with E-state index in [0.717, 1.165) is 52.3 Å². The molecule has 0 saturated heterocycles. The Kier molecular flexibility index (Phi) is 3.90. The average Bonchev–Trinajstić information content (AvgIpc) is 3.16. The smallest absolute Gasteiger partial charge is 0.163 e. The fraction of sp³-hybridized carbons (Fsp3) is 0.136. The highest BCUT2D eigenvalue weighted by molar-refractivity contribution is 5.94. The normalized spacial score (nSPS) is 13.0. The molecule has 0 spiro atoms. The molecule has 2 aromatic carbocycles. The molecular formula is C22H17FN4O. The summed E-state index contributed by atoms with van der Waals surface area (Å²) in [6, 6.07) is 14.5. The van der Waals surface area contributed by atoms with Crippen LogP contribution in [-0.2, 0) is 6.42 Å². The van der Waals surface area contributed by atoms with E-state index >= 15 is 0 Å². The molecule has 28 heavy (non-hydrogen) atoms. The molecule has 0 bridgehead atoms. The van der Waals surface area contributed by atoms with Crippen molar-refractivity contribution in [2.75, 3.05) is 18.6 Å². The summed E-state index contributed by atoms with van der Waals surface area (Å²) in [6.07, 6.45) is 4.24. The highest BCUT2D eigenvalue weighted by Crippen LogP contribution is 2.38. The zero-order valence-electron chi connectivity index (χ0n) is 15.3. The van der Waals surface area contributed by atoms with Crippen LogP contribution in [0.15, 0.2) is 60.9 Å². The SMILES string of the molecule is COc1ccc2nc(-c3cccnc3)nc(N3CCc4cc(F)ccc43)c2c1. The predicted octanol–water partition coefficient (Wildman–Crippen LogP) is 4.53. The quantitative estimate of drug-likeness (QED) is 0.529. The molecule has 5 nitrogen and oxygen atoms in total. The van der Waals surface area contributed by atoms with Gasteiger partial charge in [-0.15, -0.1) is 0 Å². The predicted molar refractivity (Wildman–Crippen MR) is 106 cm³/mol. The van der Waals surface area contributed by atoms with Crippen molar-refractivity contribution in [3.63, 3.8) is 0 Å². The number of halogens is 1. The molecular weight excluding hydrogens is 355 g/mol. The Bertz CT molecular complexity index is 1180. The largest absolute Gasteiger partial charge is 0.497 e. The van der Waals surface area contributed by atoms with Gasteiger partial charge in [-0.25, -0.2) is 14.4 Å². The first kappa shape index (κ1) is 16.6. The summed E-state index contributed by atoms with van der Waals surface area (Å²) in [5.41, 5.74) is 3.62. The van der Waals surface area contributed by atoms with E-state index in [1.807, 2.05) is 36.4 Å². The van der Waals surface area contributed by atoms with Crippen LogP contribution in [0.4, 0.5) is 15.9 Å². The molecule has 0 radical (unpaired) electrons. The lowest BCUT2D eigenvalue weighted by molar-refractivity contribution is 0.415. The summed E-state index contributed by atoms with van der Waals surface area (Å²) < 4.78 is 19.1. The zero-order valence-corrected chi connectivity index (χ0v) is 15.3. The van der Waals surface area contributed by atoms with Crippen LogP contribution in [0.3, 0.4) is 0 Å². The van der Waals surface area contributed by atoms with Gasteiger partial charge in [-0.3, -0.25) is 4.98 Å². The van der Waals surface area contributed by atoms with Crippen molar-refractivity contribution in [2.45, 2.75) is 6.42 Å². The van der Waals surface area contributed by atoms with E-state index in [1.54, 1.807) is 25.6 Å². The third kappa shape index (κ3) is 2.74. The van der Waals surface area contributed by atoms with Gasteiger partial charge in [-0.1, -0.05) is 0 Å². The summed E-state index contributed by atoms with van der Waals surface area (Å²) in [4.78, 5) is 15.9. The third-order valence-electron chi connectivity index (χ3n) is 5.00. The number of hydrogen-bond donors (Lipinski definition) is 0. The monoisotopic (exact) mass is 372 g/mol. The topological polar surface area (TPSA) is 51.1 Å². The van der Waals surface area contributed by atoms with E-state index in [9.17, 15) is 4.39 Å². The minimum absolute atomic E-state index is 0.217. The van der Waals surface area contributed by atoms with Gasteiger partial charge >= 0.3 is 0 Å². The zero-order chi connectivity index (χ0) is 19.1. The Morgan fingerprint density at radius 2 is 2.00 bits per heavy atom. The van der Waals surface area contributed by atoms with Crippen LogP contribution in [0.2, 0.25) is 0 Å². The number of nitrogens with zero attached hydrogens (tertiary/aromatic N) is 4. The van der Waals surface area contributed by atoms with Gasteiger partial charge < -0.3 is 9.64 Å². The number of benzene rings is 2. The summed E-state index contributed by atoms with van der Waals surface area (Å²) >= 11 is 0. The number of fused-ring (bicyclic) bond motifs is 2. The van der Waals surface area contributed by atoms with Crippen LogP contribution in [0, 0.1) is 5.82 Å². The molecule has 138 valence electrons. The van der Waals surface area contributed by atoms with Gasteiger partial charge in [0, 0.05) is 35.6 Å². The van der Waals surface area contributed by atoms with Crippen molar-refractivity contribution >= 4 is 22.4 Å². The van der Waals surface area contributed by atoms with Gasteiger partial charge in [0.1, 0.15) is 17.4 Å². The van der Waals surface area contributed by atoms with Gasteiger partial charge in [0.2, 0.25) is 0 Å². The van der Waals surface area contributed by atoms with E-state index in [4.69, 9.17) is 14.7 Å². The molecule has 0 amide bonds. The number of methoxy groups -OCH3 is 1. The lowest BCUT2D eigenvalue weighted by Crippen LogP contribution is -2.16.